The molecule has 9 nitrogen and oxygen atoms in total. The fraction of sp³-hybridized carbons (Fsp3) is 0.0412. The van der Waals surface area contributed by atoms with Gasteiger partial charge in [-0.3, -0.25) is 15.0 Å². The summed E-state index contributed by atoms with van der Waals surface area (Å²) in [5.41, 5.74) is 27.9. The Morgan fingerprint density at radius 1 is 0.218 bits per heavy atom. The largest absolute Gasteiger partial charge is 0.256 e. The van der Waals surface area contributed by atoms with E-state index in [-0.39, 0.29) is 0 Å². The molecule has 5 aromatic heterocycles. The van der Waals surface area contributed by atoms with E-state index < -0.39 is 0 Å². The monoisotopic (exact) mass is 1620 g/mol. The summed E-state index contributed by atoms with van der Waals surface area (Å²) < 4.78 is 1.93. The van der Waals surface area contributed by atoms with Gasteiger partial charge in [0.2, 0.25) is 0 Å². The van der Waals surface area contributed by atoms with Gasteiger partial charge in [-0.25, -0.2) is 29.9 Å². The number of aryl methyl sites for hydroxylation is 4. The maximum Gasteiger partial charge on any atom is 0.0701 e. The normalized spacial score (nSPS) is 10.7. The van der Waals surface area contributed by atoms with Crippen molar-refractivity contribution in [2.45, 2.75) is 27.7 Å². The first-order chi connectivity index (χ1) is 53.9. The van der Waals surface area contributed by atoms with Crippen molar-refractivity contribution in [3.05, 3.63) is 390 Å². The van der Waals surface area contributed by atoms with E-state index in [0.717, 1.165) is 149 Å². The third-order valence-electron chi connectivity index (χ3n) is 18.4. The van der Waals surface area contributed by atoms with Crippen LogP contribution in [0.2, 0.25) is 0 Å². The number of hydrogen-bond acceptors (Lipinski definition) is 9. The van der Waals surface area contributed by atoms with E-state index in [1.165, 1.54) is 22.3 Å². The fourth-order valence-corrected chi connectivity index (χ4v) is 14.1. The molecular formula is C97H70Br2ClN9Zn. The summed E-state index contributed by atoms with van der Waals surface area (Å²) in [4.78, 5) is 43.1. The van der Waals surface area contributed by atoms with Gasteiger partial charge in [-0.15, -0.1) is 5.56 Å². The minimum absolute atomic E-state index is 0.616. The third kappa shape index (κ3) is 18.9. The van der Waals surface area contributed by atoms with Crippen molar-refractivity contribution < 1.29 is 17.3 Å². The van der Waals surface area contributed by atoms with Gasteiger partial charge >= 0.3 is 27.0 Å². The summed E-state index contributed by atoms with van der Waals surface area (Å²) in [6.45, 7) is 8.32. The molecule has 0 amide bonds. The van der Waals surface area contributed by atoms with Gasteiger partial charge in [0.25, 0.3) is 0 Å². The second-order valence-electron chi connectivity index (χ2n) is 26.4. The predicted molar refractivity (Wildman–Crippen MR) is 455 cm³/mol. The zero-order valence-corrected chi connectivity index (χ0v) is 67.7. The molecule has 0 radical (unpaired) electrons. The summed E-state index contributed by atoms with van der Waals surface area (Å²) in [5, 5.41) is 0. The van der Waals surface area contributed by atoms with E-state index in [4.69, 9.17) is 39.6 Å². The van der Waals surface area contributed by atoms with Crippen LogP contribution in [0.15, 0.2) is 361 Å². The summed E-state index contributed by atoms with van der Waals surface area (Å²) in [5.74, 6) is 3.87. The molecule has 0 saturated carbocycles. The molecule has 0 bridgehead atoms. The van der Waals surface area contributed by atoms with Gasteiger partial charge < -0.3 is 0 Å². The number of hydrogen-bond donors (Lipinski definition) is 0. The Kier molecular flexibility index (Phi) is 24.4. The molecule has 17 aromatic rings. The smallest absolute Gasteiger partial charge is 0.0701 e. The van der Waals surface area contributed by atoms with E-state index in [2.05, 4.69) is 305 Å². The number of halogens is 3. The molecule has 0 aliphatic carbocycles. The summed E-state index contributed by atoms with van der Waals surface area (Å²) in [6, 6.07) is 118. The SMILES string of the molecule is Cc1cccc(-c2nc(-c3cccc(C)c3)nc(-c3cc(-c4ccc(-c5ccc(-c6ccccn6)cc5)cc4)cc(-c4ccc(-c5ccc(-c6ccccn6)cc5)cc4)c3)n2)c1.Cc1cccc(-c2nc(-c3cccc(C)c3)nc(-c3cc(Br)cc(Br)c3)n2)c1.[Cl][Zn+].[c-]1ccc(-c2ccc(-c3ccccn3)cc2)cc1. The van der Waals surface area contributed by atoms with Crippen LogP contribution >= 0.6 is 41.6 Å². The van der Waals surface area contributed by atoms with Crippen molar-refractivity contribution in [1.82, 2.24) is 44.9 Å². The Hall–Kier alpha value is -12.0. The maximum absolute atomic E-state index is 5.17. The van der Waals surface area contributed by atoms with Crippen LogP contribution in [0.4, 0.5) is 0 Å². The zero-order chi connectivity index (χ0) is 75.7. The summed E-state index contributed by atoms with van der Waals surface area (Å²) >= 11 is 7.96. The quantitative estimate of drug-likeness (QED) is 0.0775. The number of nitrogens with zero attached hydrogens (tertiary/aromatic N) is 9. The van der Waals surface area contributed by atoms with Crippen LogP contribution in [0.5, 0.6) is 0 Å². The van der Waals surface area contributed by atoms with Crippen LogP contribution in [-0.2, 0) is 17.3 Å². The van der Waals surface area contributed by atoms with Crippen LogP contribution in [-0.4, -0.2) is 44.9 Å². The van der Waals surface area contributed by atoms with Gasteiger partial charge in [0.1, 0.15) is 0 Å². The van der Waals surface area contributed by atoms with E-state index >= 15 is 0 Å². The number of pyridine rings is 3. The first kappa shape index (κ1) is 74.8. The number of aromatic nitrogens is 9. The predicted octanol–water partition coefficient (Wildman–Crippen LogP) is 26.2. The van der Waals surface area contributed by atoms with Gasteiger partial charge in [-0.2, -0.15) is 30.3 Å². The first-order valence-electron chi connectivity index (χ1n) is 35.8. The molecule has 0 unspecified atom stereocenters. The minimum Gasteiger partial charge on any atom is -0.256 e. The van der Waals surface area contributed by atoms with Crippen LogP contribution in [0, 0.1) is 33.8 Å². The van der Waals surface area contributed by atoms with Crippen molar-refractivity contribution in [3.8, 4) is 158 Å². The molecule has 526 valence electrons. The minimum atomic E-state index is 0.616. The molecular weight excluding hydrogens is 1550 g/mol. The van der Waals surface area contributed by atoms with Crippen LogP contribution < -0.4 is 0 Å². The Labute approximate surface area is 673 Å². The van der Waals surface area contributed by atoms with Crippen LogP contribution in [0.25, 0.3) is 158 Å². The molecule has 12 aromatic carbocycles. The third-order valence-corrected chi connectivity index (χ3v) is 19.3. The van der Waals surface area contributed by atoms with E-state index in [1.807, 2.05) is 128 Å². The summed E-state index contributed by atoms with van der Waals surface area (Å²) in [6.07, 6.45) is 5.47. The standard InChI is InChI=1S/C57H41N5.C23H17Br2N3.C17H12N.ClH.Zn/c1-38-9-7-11-48(33-38)55-60-56(49-12-8-10-39(2)34-49)62-57(61-55)52-36-50(44-19-15-40(16-20-44)42-23-27-46(28-24-42)53-13-3-5-31-58-53)35-51(37-52)45-21-17-41(18-22-45)43-25-29-47(30-26-43)54-14-4-6-32-59-54;1-14-5-3-7-16(9-14)21-26-22(17-8-4-6-15(2)10-17)28-23(27-21)18-11-19(24)13-20(25)12-18;1-2-6-14(7-3-1)15-9-11-16(12-10-15)17-8-4-5-13-18-17;;/h3-37H,1-2H3;3-13H,1-2H3;2-13H;1H;/q;;-1;;+2/p-1. The molecule has 17 rings (SSSR count). The topological polar surface area (TPSA) is 116 Å². The molecule has 0 saturated heterocycles. The van der Waals surface area contributed by atoms with Crippen LogP contribution in [0.3, 0.4) is 0 Å². The van der Waals surface area contributed by atoms with E-state index in [0.29, 0.717) is 34.9 Å². The molecule has 0 atom stereocenters. The Morgan fingerprint density at radius 2 is 0.455 bits per heavy atom. The van der Waals surface area contributed by atoms with Crippen molar-refractivity contribution in [2.24, 2.45) is 0 Å². The van der Waals surface area contributed by atoms with E-state index in [9.17, 15) is 0 Å². The summed E-state index contributed by atoms with van der Waals surface area (Å²) in [7, 11) is 4.76. The van der Waals surface area contributed by atoms with Gasteiger partial charge in [-0.05, 0) is 175 Å². The van der Waals surface area contributed by atoms with Crippen molar-refractivity contribution >= 4 is 41.6 Å². The van der Waals surface area contributed by atoms with Gasteiger partial charge in [0, 0.05) is 77.6 Å². The molecule has 0 N–H and O–H groups in total. The van der Waals surface area contributed by atoms with Gasteiger partial charge in [0.15, 0.2) is 34.9 Å². The Balaban J connectivity index is 0.000000171. The fourth-order valence-electron chi connectivity index (χ4n) is 12.8. The van der Waals surface area contributed by atoms with Gasteiger partial charge in [0.05, 0.1) is 17.1 Å². The van der Waals surface area contributed by atoms with Crippen molar-refractivity contribution in [2.75, 3.05) is 0 Å². The molecule has 13 heteroatoms. The molecule has 0 aliphatic rings. The van der Waals surface area contributed by atoms with Crippen LogP contribution in [0.1, 0.15) is 22.3 Å². The van der Waals surface area contributed by atoms with Gasteiger partial charge in [-0.1, -0.05) is 266 Å². The van der Waals surface area contributed by atoms with Crippen molar-refractivity contribution in [3.63, 3.8) is 0 Å². The van der Waals surface area contributed by atoms with Crippen molar-refractivity contribution in [1.29, 1.82) is 0 Å². The molecule has 110 heavy (non-hydrogen) atoms. The second kappa shape index (κ2) is 35.8. The molecule has 0 aliphatic heterocycles. The number of rotatable bonds is 14. The maximum atomic E-state index is 5.17. The molecule has 0 spiro atoms. The second-order valence-corrected chi connectivity index (χ2v) is 28.2. The average molecular weight is 1620 g/mol. The zero-order valence-electron chi connectivity index (χ0n) is 60.9. The Morgan fingerprint density at radius 3 is 0.718 bits per heavy atom. The molecule has 5 heterocycles. The van der Waals surface area contributed by atoms with E-state index in [1.54, 1.807) is 0 Å². The molecule has 0 fully saturated rings. The Bertz CT molecular complexity index is 5620. The average Bonchev–Trinajstić information content (AvgIpc) is 0.784. The number of benzene rings is 12. The first-order valence-corrected chi connectivity index (χ1v) is 41.3.